The van der Waals surface area contributed by atoms with Gasteiger partial charge in [0, 0.05) is 18.3 Å². The van der Waals surface area contributed by atoms with Crippen molar-refractivity contribution in [3.8, 4) is 23.1 Å². The highest BCUT2D eigenvalue weighted by Crippen LogP contribution is 2.39. The lowest BCUT2D eigenvalue weighted by atomic mass is 10.2. The molecule has 5 nitrogen and oxygen atoms in total. The van der Waals surface area contributed by atoms with Crippen molar-refractivity contribution in [2.75, 3.05) is 14.2 Å². The topological polar surface area (TPSA) is 66.6 Å². The van der Waals surface area contributed by atoms with Gasteiger partial charge in [0.25, 0.3) is 0 Å². The zero-order valence-corrected chi connectivity index (χ0v) is 10.9. The number of benzene rings is 1. The van der Waals surface area contributed by atoms with Crippen LogP contribution in [0.3, 0.4) is 0 Å². The van der Waals surface area contributed by atoms with Gasteiger partial charge in [-0.15, -0.1) is 0 Å². The third-order valence-corrected chi connectivity index (χ3v) is 2.65. The molecule has 5 heteroatoms. The van der Waals surface area contributed by atoms with Crippen molar-refractivity contribution in [2.45, 2.75) is 6.54 Å². The lowest BCUT2D eigenvalue weighted by molar-refractivity contribution is 0.340. The second kappa shape index (κ2) is 6.06. The van der Waals surface area contributed by atoms with E-state index in [2.05, 4.69) is 4.98 Å². The molecule has 100 valence electrons. The molecule has 2 aromatic rings. The molecule has 1 heterocycles. The molecule has 0 aliphatic carbocycles. The summed E-state index contributed by atoms with van der Waals surface area (Å²) in [5.41, 5.74) is 6.48. The highest BCUT2D eigenvalue weighted by molar-refractivity contribution is 5.53. The Balaban J connectivity index is 2.42. The largest absolute Gasteiger partial charge is 0.493 e. The third kappa shape index (κ3) is 2.77. The van der Waals surface area contributed by atoms with Crippen LogP contribution in [0.15, 0.2) is 36.5 Å². The zero-order valence-electron chi connectivity index (χ0n) is 10.9. The molecule has 0 atom stereocenters. The van der Waals surface area contributed by atoms with E-state index in [0.29, 0.717) is 29.7 Å². The van der Waals surface area contributed by atoms with Gasteiger partial charge in [-0.05, 0) is 18.2 Å². The van der Waals surface area contributed by atoms with Crippen molar-refractivity contribution < 1.29 is 14.2 Å². The van der Waals surface area contributed by atoms with Crippen molar-refractivity contribution in [3.63, 3.8) is 0 Å². The Hall–Kier alpha value is -2.27. The molecule has 1 aromatic carbocycles. The number of methoxy groups -OCH3 is 2. The summed E-state index contributed by atoms with van der Waals surface area (Å²) in [4.78, 5) is 4.18. The Kier molecular flexibility index (Phi) is 4.20. The monoisotopic (exact) mass is 260 g/mol. The van der Waals surface area contributed by atoms with Crippen LogP contribution in [0.25, 0.3) is 0 Å². The summed E-state index contributed by atoms with van der Waals surface area (Å²) in [5, 5.41) is 0. The van der Waals surface area contributed by atoms with Crippen LogP contribution >= 0.6 is 0 Å². The second-order valence-corrected chi connectivity index (χ2v) is 3.77. The lowest BCUT2D eigenvalue weighted by Gasteiger charge is -2.14. The number of para-hydroxylation sites is 1. The number of nitrogens with zero attached hydrogens (tertiary/aromatic N) is 1. The fraction of sp³-hybridized carbons (Fsp3) is 0.214. The van der Waals surface area contributed by atoms with E-state index in [1.54, 1.807) is 32.5 Å². The van der Waals surface area contributed by atoms with E-state index >= 15 is 0 Å². The maximum Gasteiger partial charge on any atom is 0.224 e. The van der Waals surface area contributed by atoms with E-state index in [1.165, 1.54) is 0 Å². The van der Waals surface area contributed by atoms with Crippen molar-refractivity contribution in [3.05, 3.63) is 42.1 Å². The number of nitrogens with two attached hydrogens (primary N) is 1. The first-order valence-electron chi connectivity index (χ1n) is 5.83. The molecular weight excluding hydrogens is 244 g/mol. The fourth-order valence-electron chi connectivity index (χ4n) is 1.69. The first-order chi connectivity index (χ1) is 9.30. The molecule has 0 saturated heterocycles. The SMILES string of the molecule is COc1cccc(OC)c1Oc1ncccc1CN. The fourth-order valence-corrected chi connectivity index (χ4v) is 1.69. The second-order valence-electron chi connectivity index (χ2n) is 3.77. The highest BCUT2D eigenvalue weighted by atomic mass is 16.5. The number of hydrogen-bond acceptors (Lipinski definition) is 5. The summed E-state index contributed by atoms with van der Waals surface area (Å²) in [5.74, 6) is 2.09. The highest BCUT2D eigenvalue weighted by Gasteiger charge is 2.14. The zero-order chi connectivity index (χ0) is 13.7. The van der Waals surface area contributed by atoms with Gasteiger partial charge >= 0.3 is 0 Å². The summed E-state index contributed by atoms with van der Waals surface area (Å²) < 4.78 is 16.3. The van der Waals surface area contributed by atoms with Gasteiger partial charge in [-0.2, -0.15) is 0 Å². The summed E-state index contributed by atoms with van der Waals surface area (Å²) in [6.07, 6.45) is 1.65. The predicted molar refractivity (Wildman–Crippen MR) is 71.7 cm³/mol. The van der Waals surface area contributed by atoms with Crippen molar-refractivity contribution in [1.82, 2.24) is 4.98 Å². The Morgan fingerprint density at radius 1 is 1.05 bits per heavy atom. The van der Waals surface area contributed by atoms with Gasteiger partial charge in [0.05, 0.1) is 14.2 Å². The minimum atomic E-state index is 0.348. The third-order valence-electron chi connectivity index (χ3n) is 2.65. The molecule has 2 N–H and O–H groups in total. The molecule has 0 spiro atoms. The van der Waals surface area contributed by atoms with Crippen LogP contribution in [0, 0.1) is 0 Å². The van der Waals surface area contributed by atoms with Crippen LogP contribution in [0.4, 0.5) is 0 Å². The predicted octanol–water partition coefficient (Wildman–Crippen LogP) is 2.35. The molecule has 0 saturated carbocycles. The molecule has 0 aliphatic heterocycles. The summed E-state index contributed by atoms with van der Waals surface area (Å²) >= 11 is 0. The number of aromatic nitrogens is 1. The molecule has 0 aliphatic rings. The number of rotatable bonds is 5. The average molecular weight is 260 g/mol. The molecule has 1 aromatic heterocycles. The average Bonchev–Trinajstić information content (AvgIpc) is 2.48. The molecule has 0 fully saturated rings. The van der Waals surface area contributed by atoms with E-state index < -0.39 is 0 Å². The van der Waals surface area contributed by atoms with Gasteiger partial charge in [0.2, 0.25) is 11.6 Å². The Morgan fingerprint density at radius 2 is 1.74 bits per heavy atom. The number of ether oxygens (including phenoxy) is 3. The number of hydrogen-bond donors (Lipinski definition) is 1. The summed E-state index contributed by atoms with van der Waals surface area (Å²) in [6.45, 7) is 0.348. The Labute approximate surface area is 111 Å². The molecule has 2 rings (SSSR count). The molecule has 0 bridgehead atoms. The van der Waals surface area contributed by atoms with Crippen molar-refractivity contribution in [2.24, 2.45) is 5.73 Å². The number of pyridine rings is 1. The quantitative estimate of drug-likeness (QED) is 0.893. The van der Waals surface area contributed by atoms with Gasteiger partial charge in [0.15, 0.2) is 11.5 Å². The van der Waals surface area contributed by atoms with Gasteiger partial charge < -0.3 is 19.9 Å². The van der Waals surface area contributed by atoms with E-state index in [0.717, 1.165) is 5.56 Å². The van der Waals surface area contributed by atoms with Crippen molar-refractivity contribution >= 4 is 0 Å². The molecule has 0 radical (unpaired) electrons. The minimum absolute atomic E-state index is 0.348. The van der Waals surface area contributed by atoms with Crippen LogP contribution in [-0.4, -0.2) is 19.2 Å². The first-order valence-corrected chi connectivity index (χ1v) is 5.83. The van der Waals surface area contributed by atoms with Crippen LogP contribution < -0.4 is 19.9 Å². The smallest absolute Gasteiger partial charge is 0.224 e. The lowest BCUT2D eigenvalue weighted by Crippen LogP contribution is -2.02. The molecule has 0 amide bonds. The van der Waals surface area contributed by atoms with E-state index in [9.17, 15) is 0 Å². The molecule has 0 unspecified atom stereocenters. The Bertz CT molecular complexity index is 536. The van der Waals surface area contributed by atoms with E-state index in [1.807, 2.05) is 18.2 Å². The maximum absolute atomic E-state index is 5.80. The minimum Gasteiger partial charge on any atom is -0.493 e. The van der Waals surface area contributed by atoms with E-state index in [4.69, 9.17) is 19.9 Å². The van der Waals surface area contributed by atoms with Crippen LogP contribution in [-0.2, 0) is 6.54 Å². The summed E-state index contributed by atoms with van der Waals surface area (Å²) in [6, 6.07) is 9.09. The first kappa shape index (κ1) is 13.2. The van der Waals surface area contributed by atoms with Gasteiger partial charge in [0.1, 0.15) is 0 Å². The van der Waals surface area contributed by atoms with Gasteiger partial charge in [-0.1, -0.05) is 12.1 Å². The van der Waals surface area contributed by atoms with Gasteiger partial charge in [-0.3, -0.25) is 0 Å². The van der Waals surface area contributed by atoms with Crippen LogP contribution in [0.1, 0.15) is 5.56 Å². The summed E-state index contributed by atoms with van der Waals surface area (Å²) in [7, 11) is 3.15. The standard InChI is InChI=1S/C14H16N2O3/c1-17-11-6-3-7-12(18-2)13(11)19-14-10(9-15)5-4-8-16-14/h3-8H,9,15H2,1-2H3. The van der Waals surface area contributed by atoms with Crippen LogP contribution in [0.5, 0.6) is 23.1 Å². The normalized spacial score (nSPS) is 10.1. The van der Waals surface area contributed by atoms with Gasteiger partial charge in [-0.25, -0.2) is 4.98 Å². The maximum atomic E-state index is 5.80. The van der Waals surface area contributed by atoms with Crippen molar-refractivity contribution in [1.29, 1.82) is 0 Å². The Morgan fingerprint density at radius 3 is 2.32 bits per heavy atom. The van der Waals surface area contributed by atoms with Crippen LogP contribution in [0.2, 0.25) is 0 Å². The van der Waals surface area contributed by atoms with E-state index in [-0.39, 0.29) is 0 Å². The molecule has 19 heavy (non-hydrogen) atoms. The molecular formula is C14H16N2O3.